The van der Waals surface area contributed by atoms with Crippen LogP contribution in [0.25, 0.3) is 0 Å². The molecule has 0 aromatic heterocycles. The van der Waals surface area contributed by atoms with E-state index in [0.29, 0.717) is 0 Å². The average molecular weight is 391 g/mol. The molecule has 0 amide bonds. The molecular weight excluding hydrogens is 374 g/mol. The molecule has 0 aliphatic carbocycles. The predicted octanol–water partition coefficient (Wildman–Crippen LogP) is 2.70. The van der Waals surface area contributed by atoms with Crippen LogP contribution in [0.4, 0.5) is 11.4 Å². The molecule has 0 radical (unpaired) electrons. The Morgan fingerprint density at radius 2 is 1.81 bits per heavy atom. The van der Waals surface area contributed by atoms with Gasteiger partial charge in [0.15, 0.2) is 5.78 Å². The summed E-state index contributed by atoms with van der Waals surface area (Å²) in [6, 6.07) is 9.62. The summed E-state index contributed by atoms with van der Waals surface area (Å²) in [6.07, 6.45) is 0. The molecule has 2 aromatic carbocycles. The van der Waals surface area contributed by atoms with Crippen molar-refractivity contribution in [3.8, 4) is 5.75 Å². The monoisotopic (exact) mass is 391 g/mol. The van der Waals surface area contributed by atoms with Gasteiger partial charge in [0.2, 0.25) is 14.9 Å². The Morgan fingerprint density at radius 1 is 1.19 bits per heavy atom. The molecule has 2 rings (SSSR count). The number of hydrogen-bond acceptors (Lipinski definition) is 8. The van der Waals surface area contributed by atoms with Crippen LogP contribution in [0.5, 0.6) is 5.75 Å². The van der Waals surface area contributed by atoms with E-state index in [1.165, 1.54) is 31.4 Å². The van der Waals surface area contributed by atoms with Crippen molar-refractivity contribution >= 4 is 32.0 Å². The van der Waals surface area contributed by atoms with Crippen molar-refractivity contribution in [2.24, 2.45) is 5.10 Å². The molecule has 27 heavy (non-hydrogen) atoms. The minimum absolute atomic E-state index is 0.0459. The predicted molar refractivity (Wildman–Crippen MR) is 99.8 cm³/mol. The van der Waals surface area contributed by atoms with E-state index in [1.54, 1.807) is 19.1 Å². The molecule has 0 fully saturated rings. The van der Waals surface area contributed by atoms with Crippen LogP contribution in [0.1, 0.15) is 12.5 Å². The van der Waals surface area contributed by atoms with E-state index in [2.05, 4.69) is 10.5 Å². The third kappa shape index (κ3) is 4.47. The third-order valence-electron chi connectivity index (χ3n) is 3.56. The number of nitro benzene ring substituents is 1. The fraction of sp³-hybridized carbons (Fsp3) is 0.176. The van der Waals surface area contributed by atoms with Crippen LogP contribution < -0.4 is 10.2 Å². The van der Waals surface area contributed by atoms with E-state index in [1.807, 2.05) is 0 Å². The second-order valence-corrected chi connectivity index (χ2v) is 7.41. The maximum Gasteiger partial charge on any atom is 0.271 e. The lowest BCUT2D eigenvalue weighted by Gasteiger charge is -2.09. The van der Waals surface area contributed by atoms with Gasteiger partial charge in [-0.3, -0.25) is 20.3 Å². The van der Waals surface area contributed by atoms with Crippen molar-refractivity contribution in [2.45, 2.75) is 18.7 Å². The van der Waals surface area contributed by atoms with E-state index in [0.717, 1.165) is 18.6 Å². The van der Waals surface area contributed by atoms with Gasteiger partial charge in [-0.05, 0) is 25.1 Å². The molecule has 0 bridgehead atoms. The maximum absolute atomic E-state index is 12.7. The first-order chi connectivity index (χ1) is 12.7. The largest absolute Gasteiger partial charge is 0.495 e. The summed E-state index contributed by atoms with van der Waals surface area (Å²) in [5.41, 5.74) is 3.04. The van der Waals surface area contributed by atoms with Gasteiger partial charge in [-0.2, -0.15) is 5.10 Å². The lowest BCUT2D eigenvalue weighted by molar-refractivity contribution is -0.384. The smallest absolute Gasteiger partial charge is 0.271 e. The van der Waals surface area contributed by atoms with E-state index < -0.39 is 25.6 Å². The van der Waals surface area contributed by atoms with Crippen molar-refractivity contribution in [3.05, 3.63) is 58.1 Å². The molecule has 0 aliphatic heterocycles. The number of sulfone groups is 1. The highest BCUT2D eigenvalue weighted by Crippen LogP contribution is 2.29. The molecule has 10 heteroatoms. The lowest BCUT2D eigenvalue weighted by Crippen LogP contribution is -2.24. The number of anilines is 1. The summed E-state index contributed by atoms with van der Waals surface area (Å²) >= 11 is 0. The number of hydrogen-bond donors (Lipinski definition) is 1. The second kappa shape index (κ2) is 7.96. The van der Waals surface area contributed by atoms with Crippen LogP contribution in [-0.2, 0) is 14.6 Å². The first-order valence-electron chi connectivity index (χ1n) is 7.65. The highest BCUT2D eigenvalue weighted by Gasteiger charge is 2.27. The van der Waals surface area contributed by atoms with Crippen molar-refractivity contribution in [1.82, 2.24) is 0 Å². The molecule has 0 unspecified atom stereocenters. The molecule has 0 saturated carbocycles. The number of non-ortho nitro benzene ring substituents is 1. The quantitative estimate of drug-likeness (QED) is 0.347. The molecule has 0 heterocycles. The Bertz CT molecular complexity index is 1010. The first kappa shape index (κ1) is 20.0. The second-order valence-electron chi connectivity index (χ2n) is 5.54. The summed E-state index contributed by atoms with van der Waals surface area (Å²) in [5, 5.41) is 13.9. The van der Waals surface area contributed by atoms with Gasteiger partial charge in [-0.25, -0.2) is 8.42 Å². The zero-order valence-corrected chi connectivity index (χ0v) is 15.6. The van der Waals surface area contributed by atoms with Gasteiger partial charge in [0.25, 0.3) is 5.69 Å². The first-order valence-corrected chi connectivity index (χ1v) is 9.14. The molecule has 0 aliphatic rings. The van der Waals surface area contributed by atoms with Crippen molar-refractivity contribution in [2.75, 3.05) is 12.5 Å². The minimum atomic E-state index is -4.17. The Kier molecular flexibility index (Phi) is 5.91. The van der Waals surface area contributed by atoms with Crippen LogP contribution in [0.2, 0.25) is 0 Å². The van der Waals surface area contributed by atoms with Crippen LogP contribution in [0.15, 0.2) is 52.5 Å². The Balaban J connectivity index is 2.48. The fourth-order valence-electron chi connectivity index (χ4n) is 2.16. The molecule has 0 atom stereocenters. The SMILES string of the molecule is COc1ccc([N+](=O)[O-])cc1N/N=C(\C(C)=O)S(=O)(=O)c1ccc(C)cc1. The maximum atomic E-state index is 12.7. The Morgan fingerprint density at radius 3 is 2.33 bits per heavy atom. The van der Waals surface area contributed by atoms with Crippen molar-refractivity contribution in [3.63, 3.8) is 0 Å². The summed E-state index contributed by atoms with van der Waals surface area (Å²) in [4.78, 5) is 22.1. The number of aryl methyl sites for hydroxylation is 1. The number of Topliss-reactive ketones (excluding diaryl/α,β-unsaturated/α-hetero) is 1. The number of carbonyl (C=O) groups is 1. The van der Waals surface area contributed by atoms with E-state index in [-0.39, 0.29) is 22.0 Å². The molecule has 0 spiro atoms. The summed E-state index contributed by atoms with van der Waals surface area (Å²) in [7, 11) is -2.83. The average Bonchev–Trinajstić information content (AvgIpc) is 2.61. The molecule has 1 N–H and O–H groups in total. The van der Waals surface area contributed by atoms with E-state index in [9.17, 15) is 23.3 Å². The standard InChI is InChI=1S/C17H17N3O6S/c1-11-4-7-14(8-5-11)27(24,25)17(12(2)21)19-18-15-10-13(20(22)23)6-9-16(15)26-3/h4-10,18H,1-3H3/b19-17+. The number of nitrogens with zero attached hydrogens (tertiary/aromatic N) is 2. The number of benzene rings is 2. The normalized spacial score (nSPS) is 11.7. The number of nitro groups is 1. The minimum Gasteiger partial charge on any atom is -0.495 e. The highest BCUT2D eigenvalue weighted by molar-refractivity contribution is 8.08. The highest BCUT2D eigenvalue weighted by atomic mass is 32.2. The Labute approximate surface area is 155 Å². The van der Waals surface area contributed by atoms with E-state index in [4.69, 9.17) is 4.74 Å². The molecule has 9 nitrogen and oxygen atoms in total. The topological polar surface area (TPSA) is 128 Å². The van der Waals surface area contributed by atoms with Gasteiger partial charge >= 0.3 is 0 Å². The number of ketones is 1. The number of nitrogens with one attached hydrogen (secondary N) is 1. The molecule has 0 saturated heterocycles. The fourth-order valence-corrected chi connectivity index (χ4v) is 3.43. The summed E-state index contributed by atoms with van der Waals surface area (Å²) in [5.74, 6) is -0.590. The summed E-state index contributed by atoms with van der Waals surface area (Å²) in [6.45, 7) is 2.86. The van der Waals surface area contributed by atoms with Crippen LogP contribution in [0.3, 0.4) is 0 Å². The molecule has 142 valence electrons. The van der Waals surface area contributed by atoms with Gasteiger partial charge in [-0.1, -0.05) is 17.7 Å². The van der Waals surface area contributed by atoms with Gasteiger partial charge in [-0.15, -0.1) is 0 Å². The van der Waals surface area contributed by atoms with Crippen LogP contribution >= 0.6 is 0 Å². The zero-order valence-electron chi connectivity index (χ0n) is 14.8. The number of carbonyl (C=O) groups excluding carboxylic acids is 1. The number of hydrazone groups is 1. The zero-order chi connectivity index (χ0) is 20.2. The number of ether oxygens (including phenoxy) is 1. The van der Waals surface area contributed by atoms with Gasteiger partial charge in [0.1, 0.15) is 11.4 Å². The van der Waals surface area contributed by atoms with Crippen LogP contribution in [0, 0.1) is 17.0 Å². The third-order valence-corrected chi connectivity index (χ3v) is 5.34. The van der Waals surface area contributed by atoms with Gasteiger partial charge in [0, 0.05) is 19.1 Å². The van der Waals surface area contributed by atoms with Crippen LogP contribution in [-0.4, -0.2) is 31.3 Å². The molecular formula is C17H17N3O6S. The number of methoxy groups -OCH3 is 1. The van der Waals surface area contributed by atoms with Crippen molar-refractivity contribution < 1.29 is 22.9 Å². The van der Waals surface area contributed by atoms with Gasteiger partial charge < -0.3 is 4.74 Å². The van der Waals surface area contributed by atoms with E-state index >= 15 is 0 Å². The summed E-state index contributed by atoms with van der Waals surface area (Å²) < 4.78 is 30.5. The lowest BCUT2D eigenvalue weighted by atomic mass is 10.2. The van der Waals surface area contributed by atoms with Gasteiger partial charge in [0.05, 0.1) is 16.9 Å². The molecule has 2 aromatic rings. The number of rotatable bonds is 6. The Hall–Kier alpha value is -3.27. The van der Waals surface area contributed by atoms with Crippen molar-refractivity contribution in [1.29, 1.82) is 0 Å².